The number of pyridine rings is 1. The first-order valence-corrected chi connectivity index (χ1v) is 8.85. The Morgan fingerprint density at radius 1 is 0.862 bits per heavy atom. The first-order valence-electron chi connectivity index (χ1n) is 8.85. The summed E-state index contributed by atoms with van der Waals surface area (Å²) >= 11 is 0. The number of halogens is 1. The van der Waals surface area contributed by atoms with Crippen LogP contribution in [0.1, 0.15) is 43.8 Å². The van der Waals surface area contributed by atoms with E-state index in [-0.39, 0.29) is 23.7 Å². The van der Waals surface area contributed by atoms with Gasteiger partial charge in [-0.2, -0.15) is 0 Å². The molecule has 3 rings (SSSR count). The second kappa shape index (κ2) is 8.88. The standard InChI is InChI=1S/C22H18FN3O3/c1-14(27)15-9-11-17(12-10-15)25-22(29)20-8-4-7-19(26-20)21(28)24-13-16-5-2-3-6-18(16)23/h2-12H,13H2,1H3,(H,24,28)(H,25,29). The van der Waals surface area contributed by atoms with E-state index in [0.29, 0.717) is 16.8 Å². The number of carbonyl (C=O) groups is 3. The largest absolute Gasteiger partial charge is 0.347 e. The van der Waals surface area contributed by atoms with Crippen LogP contribution in [-0.2, 0) is 6.54 Å². The van der Waals surface area contributed by atoms with E-state index in [0.717, 1.165) is 0 Å². The zero-order valence-electron chi connectivity index (χ0n) is 15.6. The normalized spacial score (nSPS) is 10.3. The van der Waals surface area contributed by atoms with E-state index in [4.69, 9.17) is 0 Å². The van der Waals surface area contributed by atoms with Crippen molar-refractivity contribution in [2.75, 3.05) is 5.32 Å². The van der Waals surface area contributed by atoms with Crippen LogP contribution in [0.4, 0.5) is 10.1 Å². The Kier molecular flexibility index (Phi) is 6.09. The zero-order chi connectivity index (χ0) is 20.8. The summed E-state index contributed by atoms with van der Waals surface area (Å²) in [6, 6.07) is 17.1. The van der Waals surface area contributed by atoms with Crippen molar-refractivity contribution in [2.24, 2.45) is 0 Å². The molecule has 7 heteroatoms. The number of rotatable bonds is 6. The molecule has 0 fully saturated rings. The minimum Gasteiger partial charge on any atom is -0.347 e. The van der Waals surface area contributed by atoms with Crippen LogP contribution in [0.3, 0.4) is 0 Å². The molecule has 2 N–H and O–H groups in total. The van der Waals surface area contributed by atoms with Gasteiger partial charge in [-0.3, -0.25) is 14.4 Å². The molecule has 146 valence electrons. The molecular weight excluding hydrogens is 373 g/mol. The number of anilines is 1. The SMILES string of the molecule is CC(=O)c1ccc(NC(=O)c2cccc(C(=O)NCc3ccccc3F)n2)cc1. The first kappa shape index (κ1) is 19.9. The van der Waals surface area contributed by atoms with Crippen LogP contribution < -0.4 is 10.6 Å². The molecule has 29 heavy (non-hydrogen) atoms. The molecule has 3 aromatic rings. The predicted molar refractivity (Wildman–Crippen MR) is 106 cm³/mol. The van der Waals surface area contributed by atoms with E-state index < -0.39 is 17.6 Å². The lowest BCUT2D eigenvalue weighted by atomic mass is 10.1. The van der Waals surface area contributed by atoms with E-state index in [1.165, 1.54) is 25.1 Å². The highest BCUT2D eigenvalue weighted by molar-refractivity contribution is 6.04. The van der Waals surface area contributed by atoms with Gasteiger partial charge < -0.3 is 10.6 Å². The topological polar surface area (TPSA) is 88.2 Å². The van der Waals surface area contributed by atoms with Crippen LogP contribution in [0.15, 0.2) is 66.7 Å². The van der Waals surface area contributed by atoms with Crippen LogP contribution >= 0.6 is 0 Å². The molecule has 6 nitrogen and oxygen atoms in total. The Balaban J connectivity index is 1.66. The molecule has 0 bridgehead atoms. The third-order valence-corrected chi connectivity index (χ3v) is 4.16. The maximum Gasteiger partial charge on any atom is 0.274 e. The van der Waals surface area contributed by atoms with E-state index in [9.17, 15) is 18.8 Å². The van der Waals surface area contributed by atoms with Gasteiger partial charge in [0.2, 0.25) is 0 Å². The van der Waals surface area contributed by atoms with E-state index >= 15 is 0 Å². The number of aromatic nitrogens is 1. The Morgan fingerprint density at radius 2 is 1.52 bits per heavy atom. The number of hydrogen-bond acceptors (Lipinski definition) is 4. The minimum absolute atomic E-state index is 0.00606. The summed E-state index contributed by atoms with van der Waals surface area (Å²) in [4.78, 5) is 40.1. The number of ketones is 1. The minimum atomic E-state index is -0.520. The quantitative estimate of drug-likeness (QED) is 0.629. The first-order chi connectivity index (χ1) is 13.9. The number of Topliss-reactive ketones (excluding diaryl/α,β-unsaturated/α-hetero) is 1. The summed E-state index contributed by atoms with van der Waals surface area (Å²) in [6.45, 7) is 1.46. The van der Waals surface area contributed by atoms with Gasteiger partial charge >= 0.3 is 0 Å². The third-order valence-electron chi connectivity index (χ3n) is 4.16. The van der Waals surface area contributed by atoms with Gasteiger partial charge in [0.15, 0.2) is 5.78 Å². The van der Waals surface area contributed by atoms with Gasteiger partial charge in [0, 0.05) is 23.4 Å². The molecule has 0 aliphatic heterocycles. The summed E-state index contributed by atoms with van der Waals surface area (Å²) in [5, 5.41) is 5.25. The van der Waals surface area contributed by atoms with Gasteiger partial charge in [-0.25, -0.2) is 9.37 Å². The van der Waals surface area contributed by atoms with Gasteiger partial charge in [0.25, 0.3) is 11.8 Å². The number of amides is 2. The fraction of sp³-hybridized carbons (Fsp3) is 0.0909. The lowest BCUT2D eigenvalue weighted by Gasteiger charge is -2.08. The number of benzene rings is 2. The van der Waals surface area contributed by atoms with Gasteiger partial charge in [0.05, 0.1) is 0 Å². The van der Waals surface area contributed by atoms with E-state index in [1.54, 1.807) is 48.5 Å². The maximum atomic E-state index is 13.7. The van der Waals surface area contributed by atoms with Crippen molar-refractivity contribution in [3.63, 3.8) is 0 Å². The molecule has 0 saturated carbocycles. The molecule has 0 radical (unpaired) electrons. The van der Waals surface area contributed by atoms with Crippen molar-refractivity contribution in [1.29, 1.82) is 0 Å². The van der Waals surface area contributed by atoms with Crippen molar-refractivity contribution in [2.45, 2.75) is 13.5 Å². The molecular formula is C22H18FN3O3. The van der Waals surface area contributed by atoms with Crippen molar-refractivity contribution in [1.82, 2.24) is 10.3 Å². The molecule has 0 spiro atoms. The Morgan fingerprint density at radius 3 is 2.17 bits per heavy atom. The van der Waals surface area contributed by atoms with Gasteiger partial charge in [-0.1, -0.05) is 24.3 Å². The van der Waals surface area contributed by atoms with Crippen LogP contribution in [0.25, 0.3) is 0 Å². The number of carbonyl (C=O) groups excluding carboxylic acids is 3. The lowest BCUT2D eigenvalue weighted by Crippen LogP contribution is -2.25. The molecule has 1 aromatic heterocycles. The Labute approximate surface area is 166 Å². The number of nitrogens with zero attached hydrogens (tertiary/aromatic N) is 1. The highest BCUT2D eigenvalue weighted by Crippen LogP contribution is 2.12. The summed E-state index contributed by atoms with van der Waals surface area (Å²) in [6.07, 6.45) is 0. The van der Waals surface area contributed by atoms with Crippen LogP contribution in [0.2, 0.25) is 0 Å². The third kappa shape index (κ3) is 5.10. The maximum absolute atomic E-state index is 13.7. The fourth-order valence-electron chi connectivity index (χ4n) is 2.58. The molecule has 0 aliphatic carbocycles. The second-order valence-corrected chi connectivity index (χ2v) is 6.27. The molecule has 1 heterocycles. The van der Waals surface area contributed by atoms with Crippen molar-refractivity contribution in [3.05, 3.63) is 95.1 Å². The van der Waals surface area contributed by atoms with Crippen molar-refractivity contribution < 1.29 is 18.8 Å². The average Bonchev–Trinajstić information content (AvgIpc) is 2.73. The van der Waals surface area contributed by atoms with E-state index in [1.807, 2.05) is 0 Å². The summed E-state index contributed by atoms with van der Waals surface area (Å²) in [5.74, 6) is -1.50. The molecule has 0 saturated heterocycles. The predicted octanol–water partition coefficient (Wildman–Crippen LogP) is 3.61. The van der Waals surface area contributed by atoms with Crippen LogP contribution in [0, 0.1) is 5.82 Å². The number of hydrogen-bond donors (Lipinski definition) is 2. The highest BCUT2D eigenvalue weighted by Gasteiger charge is 2.13. The molecule has 2 aromatic carbocycles. The van der Waals surface area contributed by atoms with Crippen LogP contribution in [0.5, 0.6) is 0 Å². The van der Waals surface area contributed by atoms with Crippen LogP contribution in [-0.4, -0.2) is 22.6 Å². The van der Waals surface area contributed by atoms with E-state index in [2.05, 4.69) is 15.6 Å². The van der Waals surface area contributed by atoms with Gasteiger partial charge in [-0.05, 0) is 49.4 Å². The van der Waals surface area contributed by atoms with Crippen molar-refractivity contribution in [3.8, 4) is 0 Å². The molecule has 2 amide bonds. The number of nitrogens with one attached hydrogen (secondary N) is 2. The Bertz CT molecular complexity index is 1060. The molecule has 0 atom stereocenters. The summed E-state index contributed by atoms with van der Waals surface area (Å²) < 4.78 is 13.7. The van der Waals surface area contributed by atoms with Gasteiger partial charge in [-0.15, -0.1) is 0 Å². The smallest absolute Gasteiger partial charge is 0.274 e. The average molecular weight is 391 g/mol. The monoisotopic (exact) mass is 391 g/mol. The lowest BCUT2D eigenvalue weighted by molar-refractivity contribution is 0.0944. The highest BCUT2D eigenvalue weighted by atomic mass is 19.1. The summed E-state index contributed by atoms with van der Waals surface area (Å²) in [5.41, 5.74) is 1.48. The zero-order valence-corrected chi connectivity index (χ0v) is 15.6. The van der Waals surface area contributed by atoms with Crippen molar-refractivity contribution >= 4 is 23.3 Å². The second-order valence-electron chi connectivity index (χ2n) is 6.27. The summed E-state index contributed by atoms with van der Waals surface area (Å²) in [7, 11) is 0. The molecule has 0 unspecified atom stereocenters. The molecule has 0 aliphatic rings. The van der Waals surface area contributed by atoms with Gasteiger partial charge in [0.1, 0.15) is 17.2 Å². The Hall–Kier alpha value is -3.87. The fourth-order valence-corrected chi connectivity index (χ4v) is 2.58.